The van der Waals surface area contributed by atoms with E-state index in [9.17, 15) is 0 Å². The van der Waals surface area contributed by atoms with Crippen LogP contribution < -0.4 is 4.90 Å². The molecule has 16 heavy (non-hydrogen) atoms. The van der Waals surface area contributed by atoms with Crippen molar-refractivity contribution in [2.24, 2.45) is 0 Å². The Hall–Kier alpha value is -0.800. The summed E-state index contributed by atoms with van der Waals surface area (Å²) in [5.74, 6) is 0.501. The molecule has 1 unspecified atom stereocenters. The van der Waals surface area contributed by atoms with Crippen LogP contribution in [-0.4, -0.2) is 31.3 Å². The Bertz CT molecular complexity index is 364. The van der Waals surface area contributed by atoms with Crippen molar-refractivity contribution in [1.29, 1.82) is 0 Å². The van der Waals surface area contributed by atoms with Crippen LogP contribution in [0.2, 0.25) is 0 Å². The maximum atomic E-state index is 5.94. The highest BCUT2D eigenvalue weighted by Crippen LogP contribution is 2.25. The summed E-state index contributed by atoms with van der Waals surface area (Å²) in [5.41, 5.74) is 3.29. The minimum absolute atomic E-state index is 0.462. The largest absolute Gasteiger partial charge is 0.379 e. The van der Waals surface area contributed by atoms with Crippen molar-refractivity contribution in [1.82, 2.24) is 4.98 Å². The third kappa shape index (κ3) is 2.30. The highest BCUT2D eigenvalue weighted by Gasteiger charge is 2.22. The number of nitrogens with zero attached hydrogens (tertiary/aromatic N) is 2. The summed E-state index contributed by atoms with van der Waals surface area (Å²) in [6.45, 7) is 3.66. The predicted octanol–water partition coefficient (Wildman–Crippen LogP) is 2.35. The molecule has 1 saturated heterocycles. The van der Waals surface area contributed by atoms with Gasteiger partial charge in [0.2, 0.25) is 0 Å². The van der Waals surface area contributed by atoms with Gasteiger partial charge in [-0.2, -0.15) is 0 Å². The molecule has 1 aliphatic rings. The SMILES string of the molecule is Cc1cc(N(C)C2CCOC2)c(CCl)cn1. The molecule has 1 atom stereocenters. The van der Waals surface area contributed by atoms with Crippen LogP contribution in [0, 0.1) is 6.92 Å². The van der Waals surface area contributed by atoms with Gasteiger partial charge in [0.1, 0.15) is 0 Å². The number of likely N-dealkylation sites (N-methyl/N-ethyl adjacent to an activating group) is 1. The van der Waals surface area contributed by atoms with Gasteiger partial charge in [0, 0.05) is 36.8 Å². The lowest BCUT2D eigenvalue weighted by Gasteiger charge is -2.27. The second-order valence-electron chi connectivity index (χ2n) is 4.22. The normalized spacial score (nSPS) is 20.1. The Labute approximate surface area is 101 Å². The lowest BCUT2D eigenvalue weighted by Crippen LogP contribution is -2.32. The highest BCUT2D eigenvalue weighted by molar-refractivity contribution is 6.17. The smallest absolute Gasteiger partial charge is 0.0670 e. The molecule has 88 valence electrons. The maximum Gasteiger partial charge on any atom is 0.0670 e. The lowest BCUT2D eigenvalue weighted by molar-refractivity contribution is 0.193. The van der Waals surface area contributed by atoms with Gasteiger partial charge in [0.05, 0.1) is 18.5 Å². The number of rotatable bonds is 3. The Morgan fingerprint density at radius 3 is 3.06 bits per heavy atom. The maximum absolute atomic E-state index is 5.94. The zero-order chi connectivity index (χ0) is 11.5. The topological polar surface area (TPSA) is 25.4 Å². The monoisotopic (exact) mass is 240 g/mol. The Balaban J connectivity index is 2.26. The van der Waals surface area contributed by atoms with Gasteiger partial charge in [0.15, 0.2) is 0 Å². The number of hydrogen-bond acceptors (Lipinski definition) is 3. The molecule has 4 heteroatoms. The molecule has 2 rings (SSSR count). The number of aromatic nitrogens is 1. The molecule has 0 radical (unpaired) electrons. The molecule has 1 fully saturated rings. The molecule has 1 aromatic heterocycles. The van der Waals surface area contributed by atoms with Crippen molar-refractivity contribution in [3.05, 3.63) is 23.5 Å². The zero-order valence-electron chi connectivity index (χ0n) is 9.74. The van der Waals surface area contributed by atoms with E-state index in [-0.39, 0.29) is 0 Å². The van der Waals surface area contributed by atoms with Crippen LogP contribution in [0.3, 0.4) is 0 Å². The van der Waals surface area contributed by atoms with E-state index in [0.717, 1.165) is 30.9 Å². The third-order valence-corrected chi connectivity index (χ3v) is 3.36. The van der Waals surface area contributed by atoms with Gasteiger partial charge in [0.25, 0.3) is 0 Å². The van der Waals surface area contributed by atoms with Gasteiger partial charge in [-0.15, -0.1) is 11.6 Å². The first kappa shape index (κ1) is 11.7. The van der Waals surface area contributed by atoms with Crippen molar-refractivity contribution < 1.29 is 4.74 Å². The first-order valence-electron chi connectivity index (χ1n) is 5.54. The molecular weight excluding hydrogens is 224 g/mol. The average molecular weight is 241 g/mol. The van der Waals surface area contributed by atoms with Gasteiger partial charge in [-0.25, -0.2) is 0 Å². The number of pyridine rings is 1. The third-order valence-electron chi connectivity index (χ3n) is 3.08. The molecule has 0 aliphatic carbocycles. The molecule has 3 nitrogen and oxygen atoms in total. The van der Waals surface area contributed by atoms with Crippen molar-refractivity contribution in [2.45, 2.75) is 25.3 Å². The number of hydrogen-bond donors (Lipinski definition) is 0. The summed E-state index contributed by atoms with van der Waals surface area (Å²) in [6, 6.07) is 2.56. The van der Waals surface area contributed by atoms with Crippen LogP contribution in [0.4, 0.5) is 5.69 Å². The van der Waals surface area contributed by atoms with Gasteiger partial charge in [-0.05, 0) is 19.4 Å². The van der Waals surface area contributed by atoms with E-state index in [1.165, 1.54) is 5.69 Å². The van der Waals surface area contributed by atoms with Crippen LogP contribution in [0.15, 0.2) is 12.3 Å². The van der Waals surface area contributed by atoms with Gasteiger partial charge in [-0.3, -0.25) is 4.98 Å². The molecule has 1 aromatic rings. The second kappa shape index (κ2) is 5.02. The van der Waals surface area contributed by atoms with Crippen LogP contribution in [0.1, 0.15) is 17.7 Å². The van der Waals surface area contributed by atoms with E-state index >= 15 is 0 Å². The Kier molecular flexibility index (Phi) is 3.66. The molecule has 0 N–H and O–H groups in total. The van der Waals surface area contributed by atoms with Crippen LogP contribution in [-0.2, 0) is 10.6 Å². The van der Waals surface area contributed by atoms with E-state index in [1.54, 1.807) is 0 Å². The second-order valence-corrected chi connectivity index (χ2v) is 4.48. The first-order valence-corrected chi connectivity index (χ1v) is 6.08. The van der Waals surface area contributed by atoms with Crippen molar-refractivity contribution >= 4 is 17.3 Å². The summed E-state index contributed by atoms with van der Waals surface area (Å²) in [7, 11) is 2.10. The quantitative estimate of drug-likeness (QED) is 0.759. The molecule has 0 aromatic carbocycles. The molecule has 0 bridgehead atoms. The fraction of sp³-hybridized carbons (Fsp3) is 0.583. The molecule has 0 amide bonds. The van der Waals surface area contributed by atoms with Crippen LogP contribution in [0.25, 0.3) is 0 Å². The molecule has 0 saturated carbocycles. The minimum Gasteiger partial charge on any atom is -0.379 e. The summed E-state index contributed by atoms with van der Waals surface area (Å²) in [5, 5.41) is 0. The zero-order valence-corrected chi connectivity index (χ0v) is 10.5. The molecule has 0 spiro atoms. The number of ether oxygens (including phenoxy) is 1. The Morgan fingerprint density at radius 2 is 2.44 bits per heavy atom. The van der Waals surface area contributed by atoms with E-state index in [2.05, 4.69) is 23.0 Å². The standard InChI is InChI=1S/C12H17ClN2O/c1-9-5-12(10(6-13)7-14-9)15(2)11-3-4-16-8-11/h5,7,11H,3-4,6,8H2,1-2H3. The van der Waals surface area contributed by atoms with E-state index in [4.69, 9.17) is 16.3 Å². The number of alkyl halides is 1. The van der Waals surface area contributed by atoms with Gasteiger partial charge in [-0.1, -0.05) is 0 Å². The number of anilines is 1. The van der Waals surface area contributed by atoms with Crippen LogP contribution in [0.5, 0.6) is 0 Å². The van der Waals surface area contributed by atoms with Gasteiger partial charge >= 0.3 is 0 Å². The van der Waals surface area contributed by atoms with E-state index < -0.39 is 0 Å². The summed E-state index contributed by atoms with van der Waals surface area (Å²) < 4.78 is 5.41. The lowest BCUT2D eigenvalue weighted by atomic mass is 10.1. The first-order chi connectivity index (χ1) is 7.72. The number of halogens is 1. The van der Waals surface area contributed by atoms with Crippen molar-refractivity contribution in [3.63, 3.8) is 0 Å². The van der Waals surface area contributed by atoms with Crippen molar-refractivity contribution in [3.8, 4) is 0 Å². The summed E-state index contributed by atoms with van der Waals surface area (Å²) in [6.07, 6.45) is 2.95. The average Bonchev–Trinajstić information content (AvgIpc) is 2.81. The predicted molar refractivity (Wildman–Crippen MR) is 66.2 cm³/mol. The van der Waals surface area contributed by atoms with E-state index in [0.29, 0.717) is 11.9 Å². The summed E-state index contributed by atoms with van der Waals surface area (Å²) >= 11 is 5.94. The van der Waals surface area contributed by atoms with E-state index in [1.807, 2.05) is 13.1 Å². The fourth-order valence-corrected chi connectivity index (χ4v) is 2.24. The molecule has 2 heterocycles. The Morgan fingerprint density at radius 1 is 1.62 bits per heavy atom. The fourth-order valence-electron chi connectivity index (χ4n) is 2.03. The van der Waals surface area contributed by atoms with Crippen LogP contribution >= 0.6 is 11.6 Å². The molecule has 1 aliphatic heterocycles. The minimum atomic E-state index is 0.462. The summed E-state index contributed by atoms with van der Waals surface area (Å²) in [4.78, 5) is 6.54. The molecular formula is C12H17ClN2O. The van der Waals surface area contributed by atoms with Crippen molar-refractivity contribution in [2.75, 3.05) is 25.2 Å². The highest BCUT2D eigenvalue weighted by atomic mass is 35.5. The number of aryl methyl sites for hydroxylation is 1. The van der Waals surface area contributed by atoms with Gasteiger partial charge < -0.3 is 9.64 Å².